The van der Waals surface area contributed by atoms with E-state index in [1.165, 1.54) is 6.07 Å². The van der Waals surface area contributed by atoms with Crippen molar-refractivity contribution in [1.29, 1.82) is 0 Å². The molecule has 5 heteroatoms. The first kappa shape index (κ1) is 16.1. The van der Waals surface area contributed by atoms with Crippen LogP contribution in [-0.4, -0.2) is 20.1 Å². The minimum absolute atomic E-state index is 0.0407. The van der Waals surface area contributed by atoms with Crippen molar-refractivity contribution in [1.82, 2.24) is 4.72 Å². The van der Waals surface area contributed by atoms with Gasteiger partial charge in [-0.05, 0) is 23.0 Å². The highest BCUT2D eigenvalue weighted by atomic mass is 32.2. The van der Waals surface area contributed by atoms with Gasteiger partial charge in [-0.25, -0.2) is 13.1 Å². The first-order valence-corrected chi connectivity index (χ1v) is 7.85. The lowest BCUT2D eigenvalue weighted by atomic mass is 9.82. The third kappa shape index (κ3) is 4.30. The molecule has 0 radical (unpaired) electrons. The summed E-state index contributed by atoms with van der Waals surface area (Å²) in [4.78, 5) is 0.151. The number of rotatable bonds is 5. The fraction of sp³-hybridized carbons (Fsp3) is 0.571. The molecule has 0 spiro atoms. The summed E-state index contributed by atoms with van der Waals surface area (Å²) in [5.74, 6) is 0.212. The lowest BCUT2D eigenvalue weighted by molar-refractivity contribution is 0.262. The summed E-state index contributed by atoms with van der Waals surface area (Å²) >= 11 is 0. The minimum Gasteiger partial charge on any atom is -0.392 e. The quantitative estimate of drug-likeness (QED) is 0.871. The summed E-state index contributed by atoms with van der Waals surface area (Å²) in [5.41, 5.74) is 0.456. The van der Waals surface area contributed by atoms with Crippen LogP contribution in [0.25, 0.3) is 0 Å². The van der Waals surface area contributed by atoms with E-state index < -0.39 is 10.0 Å². The van der Waals surface area contributed by atoms with Crippen LogP contribution in [-0.2, 0) is 16.6 Å². The van der Waals surface area contributed by atoms with Crippen molar-refractivity contribution in [3.8, 4) is 0 Å². The van der Waals surface area contributed by atoms with Gasteiger partial charge in [0.15, 0.2) is 0 Å². The number of sulfonamides is 1. The van der Waals surface area contributed by atoms with Gasteiger partial charge in [-0.1, -0.05) is 45.9 Å². The Hall–Kier alpha value is -0.910. The Morgan fingerprint density at radius 3 is 2.37 bits per heavy atom. The van der Waals surface area contributed by atoms with E-state index in [0.29, 0.717) is 12.1 Å². The molecule has 1 unspecified atom stereocenters. The molecule has 19 heavy (non-hydrogen) atoms. The van der Waals surface area contributed by atoms with E-state index in [1.54, 1.807) is 18.2 Å². The Morgan fingerprint density at radius 1 is 1.26 bits per heavy atom. The maximum Gasteiger partial charge on any atom is 0.240 e. The van der Waals surface area contributed by atoms with Crippen LogP contribution < -0.4 is 4.72 Å². The van der Waals surface area contributed by atoms with Crippen LogP contribution in [0.2, 0.25) is 0 Å². The summed E-state index contributed by atoms with van der Waals surface area (Å²) in [6, 6.07) is 6.49. The third-order valence-corrected chi connectivity index (χ3v) is 5.01. The van der Waals surface area contributed by atoms with Crippen LogP contribution in [0.15, 0.2) is 29.2 Å². The zero-order valence-corrected chi connectivity index (χ0v) is 12.8. The van der Waals surface area contributed by atoms with Crippen LogP contribution in [0.4, 0.5) is 0 Å². The average molecular weight is 285 g/mol. The molecule has 1 aromatic carbocycles. The maximum atomic E-state index is 12.2. The SMILES string of the molecule is CC(CNS(=O)(=O)c1ccccc1CO)C(C)(C)C. The minimum atomic E-state index is -3.57. The topological polar surface area (TPSA) is 66.4 Å². The molecule has 0 aliphatic carbocycles. The van der Waals surface area contributed by atoms with Gasteiger partial charge in [-0.15, -0.1) is 0 Å². The molecular formula is C14H23NO3S. The lowest BCUT2D eigenvalue weighted by Crippen LogP contribution is -2.34. The second-order valence-corrected chi connectivity index (χ2v) is 7.62. The predicted octanol–water partition coefficient (Wildman–Crippen LogP) is 2.14. The Kier molecular flexibility index (Phi) is 5.12. The van der Waals surface area contributed by atoms with Crippen LogP contribution in [0, 0.1) is 11.3 Å². The number of hydrogen-bond donors (Lipinski definition) is 2. The molecule has 0 bridgehead atoms. The summed E-state index contributed by atoms with van der Waals surface area (Å²) in [5, 5.41) is 9.20. The van der Waals surface area contributed by atoms with Crippen LogP contribution in [0.1, 0.15) is 33.3 Å². The standard InChI is InChI=1S/C14H23NO3S/c1-11(14(2,3)4)9-15-19(17,18)13-8-6-5-7-12(13)10-16/h5-8,11,15-16H,9-10H2,1-4H3. The molecule has 0 heterocycles. The highest BCUT2D eigenvalue weighted by Gasteiger charge is 2.23. The Morgan fingerprint density at radius 2 is 1.84 bits per heavy atom. The zero-order chi connectivity index (χ0) is 14.7. The number of aliphatic hydroxyl groups excluding tert-OH is 1. The second-order valence-electron chi connectivity index (χ2n) is 5.88. The summed E-state index contributed by atoms with van der Waals surface area (Å²) in [6.07, 6.45) is 0. The number of nitrogens with one attached hydrogen (secondary N) is 1. The highest BCUT2D eigenvalue weighted by molar-refractivity contribution is 7.89. The van der Waals surface area contributed by atoms with Gasteiger partial charge in [-0.3, -0.25) is 0 Å². The average Bonchev–Trinajstić information content (AvgIpc) is 2.34. The van der Waals surface area contributed by atoms with Crippen molar-refractivity contribution in [2.45, 2.75) is 39.2 Å². The van der Waals surface area contributed by atoms with Gasteiger partial charge < -0.3 is 5.11 Å². The molecule has 0 aliphatic rings. The van der Waals surface area contributed by atoms with Crippen LogP contribution >= 0.6 is 0 Å². The maximum absolute atomic E-state index is 12.2. The van der Waals surface area contributed by atoms with Gasteiger partial charge in [0.1, 0.15) is 0 Å². The zero-order valence-electron chi connectivity index (χ0n) is 12.0. The fourth-order valence-corrected chi connectivity index (χ4v) is 2.88. The molecule has 0 saturated heterocycles. The Balaban J connectivity index is 2.88. The number of benzene rings is 1. The first-order chi connectivity index (χ1) is 8.68. The Labute approximate surface area is 115 Å². The molecule has 0 saturated carbocycles. The van der Waals surface area contributed by atoms with Crippen molar-refractivity contribution in [2.24, 2.45) is 11.3 Å². The molecule has 2 N–H and O–H groups in total. The van der Waals surface area contributed by atoms with Crippen LogP contribution in [0.5, 0.6) is 0 Å². The van der Waals surface area contributed by atoms with E-state index in [9.17, 15) is 13.5 Å². The molecule has 0 fully saturated rings. The predicted molar refractivity (Wildman–Crippen MR) is 76.2 cm³/mol. The summed E-state index contributed by atoms with van der Waals surface area (Å²) < 4.78 is 27.1. The van der Waals surface area contributed by atoms with E-state index in [1.807, 2.05) is 6.92 Å². The molecule has 4 nitrogen and oxygen atoms in total. The third-order valence-electron chi connectivity index (χ3n) is 3.49. The molecule has 0 aromatic heterocycles. The van der Waals surface area contributed by atoms with Crippen LogP contribution in [0.3, 0.4) is 0 Å². The van der Waals surface area contributed by atoms with E-state index in [2.05, 4.69) is 25.5 Å². The molecule has 0 amide bonds. The smallest absolute Gasteiger partial charge is 0.240 e. The Bertz CT molecular complexity index is 518. The van der Waals surface area contributed by atoms with Gasteiger partial charge in [0.05, 0.1) is 11.5 Å². The van der Waals surface area contributed by atoms with Crippen molar-refractivity contribution in [3.63, 3.8) is 0 Å². The monoisotopic (exact) mass is 285 g/mol. The van der Waals surface area contributed by atoms with E-state index in [4.69, 9.17) is 0 Å². The molecular weight excluding hydrogens is 262 g/mol. The van der Waals surface area contributed by atoms with Gasteiger partial charge in [0.2, 0.25) is 10.0 Å². The summed E-state index contributed by atoms with van der Waals surface area (Å²) in [6.45, 7) is 8.34. The lowest BCUT2D eigenvalue weighted by Gasteiger charge is -2.27. The van der Waals surface area contributed by atoms with Crippen molar-refractivity contribution < 1.29 is 13.5 Å². The highest BCUT2D eigenvalue weighted by Crippen LogP contribution is 2.25. The van der Waals surface area contributed by atoms with Gasteiger partial charge in [0.25, 0.3) is 0 Å². The van der Waals surface area contributed by atoms with E-state index >= 15 is 0 Å². The first-order valence-electron chi connectivity index (χ1n) is 6.37. The molecule has 108 valence electrons. The van der Waals surface area contributed by atoms with E-state index in [0.717, 1.165) is 0 Å². The van der Waals surface area contributed by atoms with E-state index in [-0.39, 0.29) is 22.8 Å². The largest absolute Gasteiger partial charge is 0.392 e. The van der Waals surface area contributed by atoms with Crippen molar-refractivity contribution >= 4 is 10.0 Å². The number of hydrogen-bond acceptors (Lipinski definition) is 3. The fourth-order valence-electron chi connectivity index (χ4n) is 1.52. The summed E-state index contributed by atoms with van der Waals surface area (Å²) in [7, 11) is -3.57. The van der Waals surface area contributed by atoms with Crippen molar-refractivity contribution in [3.05, 3.63) is 29.8 Å². The normalized spacial score (nSPS) is 14.4. The molecule has 1 aromatic rings. The van der Waals surface area contributed by atoms with Gasteiger partial charge >= 0.3 is 0 Å². The second kappa shape index (κ2) is 6.03. The number of aliphatic hydroxyl groups is 1. The van der Waals surface area contributed by atoms with Gasteiger partial charge in [-0.2, -0.15) is 0 Å². The molecule has 1 atom stereocenters. The van der Waals surface area contributed by atoms with Gasteiger partial charge in [0, 0.05) is 6.54 Å². The van der Waals surface area contributed by atoms with Crippen molar-refractivity contribution in [2.75, 3.05) is 6.54 Å². The molecule has 0 aliphatic heterocycles. The molecule has 1 rings (SSSR count).